The molecule has 84 valence electrons. The summed E-state index contributed by atoms with van der Waals surface area (Å²) in [5.41, 5.74) is 4.35. The summed E-state index contributed by atoms with van der Waals surface area (Å²) < 4.78 is 0. The molecule has 5 heteroatoms. The van der Waals surface area contributed by atoms with E-state index in [0.717, 1.165) is 0 Å². The molecular weight excluding hydrogens is 244 g/mol. The van der Waals surface area contributed by atoms with Gasteiger partial charge in [0.15, 0.2) is 0 Å². The molecule has 0 aromatic carbocycles. The summed E-state index contributed by atoms with van der Waals surface area (Å²) in [5, 5.41) is 2.77. The minimum atomic E-state index is 0.322. The van der Waals surface area contributed by atoms with Crippen molar-refractivity contribution >= 4 is 34.9 Å². The second kappa shape index (κ2) is 5.59. The van der Waals surface area contributed by atoms with Gasteiger partial charge in [-0.05, 0) is 23.9 Å². The lowest BCUT2D eigenvalue weighted by molar-refractivity contribution is 0.559. The fraction of sp³-hybridized carbons (Fsp3) is 0.600. The molecule has 2 unspecified atom stereocenters. The Morgan fingerprint density at radius 3 is 2.93 bits per heavy atom. The van der Waals surface area contributed by atoms with Gasteiger partial charge in [0.05, 0.1) is 6.04 Å². The van der Waals surface area contributed by atoms with Gasteiger partial charge in [0, 0.05) is 27.4 Å². The first kappa shape index (κ1) is 11.8. The summed E-state index contributed by atoms with van der Waals surface area (Å²) in [7, 11) is 0. The maximum Gasteiger partial charge on any atom is 0.0682 e. The lowest BCUT2D eigenvalue weighted by atomic mass is 10.1. The van der Waals surface area contributed by atoms with Gasteiger partial charge in [-0.25, -0.2) is 0 Å². The fourth-order valence-electron chi connectivity index (χ4n) is 1.75. The third-order valence-corrected chi connectivity index (χ3v) is 6.54. The summed E-state index contributed by atoms with van der Waals surface area (Å²) in [5.74, 6) is 9.43. The Balaban J connectivity index is 2.12. The van der Waals surface area contributed by atoms with Gasteiger partial charge in [-0.2, -0.15) is 23.5 Å². The molecule has 2 atom stereocenters. The Bertz CT molecular complexity index is 307. The smallest absolute Gasteiger partial charge is 0.0682 e. The van der Waals surface area contributed by atoms with Gasteiger partial charge in [0.25, 0.3) is 0 Å². The SMILES string of the molecule is Cc1ccsc1C(NN)C1CSCCS1. The molecule has 1 saturated heterocycles. The molecule has 0 saturated carbocycles. The third-order valence-electron chi connectivity index (χ3n) is 2.58. The summed E-state index contributed by atoms with van der Waals surface area (Å²) >= 11 is 5.90. The highest BCUT2D eigenvalue weighted by atomic mass is 32.2. The van der Waals surface area contributed by atoms with Crippen molar-refractivity contribution in [1.82, 2.24) is 5.43 Å². The zero-order valence-electron chi connectivity index (χ0n) is 8.73. The molecule has 1 fully saturated rings. The predicted molar refractivity (Wildman–Crippen MR) is 72.7 cm³/mol. The number of hydrogen-bond donors (Lipinski definition) is 2. The number of hydrogen-bond acceptors (Lipinski definition) is 5. The molecule has 2 rings (SSSR count). The average molecular weight is 260 g/mol. The Kier molecular flexibility index (Phi) is 4.40. The molecule has 0 radical (unpaired) electrons. The van der Waals surface area contributed by atoms with Crippen LogP contribution in [0.15, 0.2) is 11.4 Å². The number of nitrogens with two attached hydrogens (primary N) is 1. The van der Waals surface area contributed by atoms with Crippen molar-refractivity contribution in [1.29, 1.82) is 0 Å². The number of thioether (sulfide) groups is 2. The van der Waals surface area contributed by atoms with E-state index in [9.17, 15) is 0 Å². The molecule has 3 N–H and O–H groups in total. The highest BCUT2D eigenvalue weighted by Crippen LogP contribution is 2.36. The Morgan fingerprint density at radius 1 is 1.53 bits per heavy atom. The third kappa shape index (κ3) is 2.71. The molecule has 1 aliphatic rings. The van der Waals surface area contributed by atoms with Crippen LogP contribution in [-0.2, 0) is 0 Å². The lowest BCUT2D eigenvalue weighted by Gasteiger charge is -2.28. The highest BCUT2D eigenvalue weighted by molar-refractivity contribution is 8.06. The number of hydrazine groups is 1. The van der Waals surface area contributed by atoms with Crippen LogP contribution in [0.3, 0.4) is 0 Å². The number of rotatable bonds is 3. The van der Waals surface area contributed by atoms with Crippen LogP contribution in [0.2, 0.25) is 0 Å². The van der Waals surface area contributed by atoms with Gasteiger partial charge in [-0.3, -0.25) is 11.3 Å². The molecule has 0 spiro atoms. The fourth-order valence-corrected chi connectivity index (χ4v) is 5.72. The van der Waals surface area contributed by atoms with E-state index in [0.29, 0.717) is 11.3 Å². The Morgan fingerprint density at radius 2 is 2.40 bits per heavy atom. The second-order valence-corrected chi connectivity index (χ2v) is 7.04. The van der Waals surface area contributed by atoms with Crippen LogP contribution >= 0.6 is 34.9 Å². The highest BCUT2D eigenvalue weighted by Gasteiger charge is 2.26. The van der Waals surface area contributed by atoms with Crippen molar-refractivity contribution in [2.24, 2.45) is 5.84 Å². The number of nitrogens with one attached hydrogen (secondary N) is 1. The molecule has 1 aromatic heterocycles. The molecule has 1 aliphatic heterocycles. The maximum absolute atomic E-state index is 5.70. The van der Waals surface area contributed by atoms with E-state index in [-0.39, 0.29) is 0 Å². The summed E-state index contributed by atoms with van der Waals surface area (Å²) in [6, 6.07) is 2.49. The van der Waals surface area contributed by atoms with Gasteiger partial charge < -0.3 is 0 Å². The van der Waals surface area contributed by atoms with E-state index >= 15 is 0 Å². The van der Waals surface area contributed by atoms with Gasteiger partial charge in [0.2, 0.25) is 0 Å². The molecule has 0 amide bonds. The van der Waals surface area contributed by atoms with Crippen molar-refractivity contribution in [3.05, 3.63) is 21.9 Å². The predicted octanol–water partition coefficient (Wildman–Crippen LogP) is 2.41. The van der Waals surface area contributed by atoms with E-state index in [2.05, 4.69) is 23.8 Å². The summed E-state index contributed by atoms with van der Waals surface area (Å²) in [6.07, 6.45) is 0. The van der Waals surface area contributed by atoms with Gasteiger partial charge >= 0.3 is 0 Å². The van der Waals surface area contributed by atoms with Crippen LogP contribution in [0.4, 0.5) is 0 Å². The minimum Gasteiger partial charge on any atom is -0.271 e. The molecule has 2 heterocycles. The van der Waals surface area contributed by atoms with Crippen LogP contribution in [-0.4, -0.2) is 22.5 Å². The van der Waals surface area contributed by atoms with Crippen LogP contribution in [0.1, 0.15) is 16.5 Å². The minimum absolute atomic E-state index is 0.322. The van der Waals surface area contributed by atoms with E-state index in [4.69, 9.17) is 5.84 Å². The monoisotopic (exact) mass is 260 g/mol. The van der Waals surface area contributed by atoms with Crippen LogP contribution in [0.5, 0.6) is 0 Å². The second-order valence-electron chi connectivity index (χ2n) is 3.60. The van der Waals surface area contributed by atoms with Gasteiger partial charge in [0.1, 0.15) is 0 Å². The first-order chi connectivity index (χ1) is 7.33. The van der Waals surface area contributed by atoms with Crippen molar-refractivity contribution in [2.75, 3.05) is 17.3 Å². The van der Waals surface area contributed by atoms with Crippen molar-refractivity contribution in [2.45, 2.75) is 18.2 Å². The van der Waals surface area contributed by atoms with Crippen molar-refractivity contribution < 1.29 is 0 Å². The largest absolute Gasteiger partial charge is 0.271 e. The molecule has 0 bridgehead atoms. The zero-order valence-corrected chi connectivity index (χ0v) is 11.2. The topological polar surface area (TPSA) is 38.0 Å². The quantitative estimate of drug-likeness (QED) is 0.646. The van der Waals surface area contributed by atoms with Crippen molar-refractivity contribution in [3.63, 3.8) is 0 Å². The number of thiophene rings is 1. The first-order valence-corrected chi connectivity index (χ1v) is 8.10. The zero-order chi connectivity index (χ0) is 10.7. The molecule has 1 aromatic rings. The summed E-state index contributed by atoms with van der Waals surface area (Å²) in [4.78, 5) is 1.40. The Labute approximate surface area is 103 Å². The van der Waals surface area contributed by atoms with Gasteiger partial charge in [-0.15, -0.1) is 11.3 Å². The normalized spacial score (nSPS) is 24.0. The standard InChI is InChI=1S/C10H16N2S3/c1-7-2-3-15-10(7)9(12-11)8-6-13-4-5-14-8/h2-3,8-9,12H,4-6,11H2,1H3. The van der Waals surface area contributed by atoms with Crippen molar-refractivity contribution in [3.8, 4) is 0 Å². The lowest BCUT2D eigenvalue weighted by Crippen LogP contribution is -2.37. The summed E-state index contributed by atoms with van der Waals surface area (Å²) in [6.45, 7) is 2.16. The van der Waals surface area contributed by atoms with Crippen LogP contribution in [0.25, 0.3) is 0 Å². The molecule has 2 nitrogen and oxygen atoms in total. The first-order valence-electron chi connectivity index (χ1n) is 5.02. The van der Waals surface area contributed by atoms with E-state index in [1.54, 1.807) is 0 Å². The molecular formula is C10H16N2S3. The maximum atomic E-state index is 5.70. The van der Waals surface area contributed by atoms with Crippen LogP contribution < -0.4 is 11.3 Å². The van der Waals surface area contributed by atoms with E-state index in [1.165, 1.54) is 27.7 Å². The van der Waals surface area contributed by atoms with E-state index < -0.39 is 0 Å². The number of aryl methyl sites for hydroxylation is 1. The Hall–Kier alpha value is 0.320. The molecule has 15 heavy (non-hydrogen) atoms. The van der Waals surface area contributed by atoms with Crippen LogP contribution in [0, 0.1) is 6.92 Å². The van der Waals surface area contributed by atoms with Gasteiger partial charge in [-0.1, -0.05) is 0 Å². The molecule has 0 aliphatic carbocycles. The average Bonchev–Trinajstić information content (AvgIpc) is 2.68. The van der Waals surface area contributed by atoms with E-state index in [1.807, 2.05) is 34.9 Å².